The van der Waals surface area contributed by atoms with Gasteiger partial charge in [-0.1, -0.05) is 0 Å². The maximum atomic E-state index is 12.5. The topological polar surface area (TPSA) is 58.6 Å². The molecule has 0 aliphatic rings. The Hall–Kier alpha value is -1.76. The number of nitrogens with one attached hydrogen (secondary N) is 1. The number of carboxylic acid groups (broad SMARTS) is 1. The highest BCUT2D eigenvalue weighted by Gasteiger charge is 2.31. The third-order valence-corrected chi connectivity index (χ3v) is 2.20. The summed E-state index contributed by atoms with van der Waals surface area (Å²) in [4.78, 5) is 10.9. The number of anilines is 1. The predicted molar refractivity (Wildman–Crippen MR) is 58.8 cm³/mol. The maximum absolute atomic E-state index is 12.5. The minimum atomic E-state index is -4.51. The average molecular weight is 263 g/mol. The Morgan fingerprint density at radius 1 is 1.44 bits per heavy atom. The predicted octanol–water partition coefficient (Wildman–Crippen LogP) is 2.46. The van der Waals surface area contributed by atoms with Gasteiger partial charge < -0.3 is 15.2 Å². The normalized spacial score (nSPS) is 11.3. The highest BCUT2D eigenvalue weighted by atomic mass is 19.4. The van der Waals surface area contributed by atoms with Crippen LogP contribution in [0.1, 0.15) is 15.9 Å². The first-order valence-electron chi connectivity index (χ1n) is 5.03. The Morgan fingerprint density at radius 2 is 2.11 bits per heavy atom. The number of carboxylic acids is 1. The van der Waals surface area contributed by atoms with Gasteiger partial charge in [-0.05, 0) is 18.2 Å². The summed E-state index contributed by atoms with van der Waals surface area (Å²) >= 11 is 0. The van der Waals surface area contributed by atoms with Crippen LogP contribution in [0.2, 0.25) is 0 Å². The number of benzene rings is 1. The van der Waals surface area contributed by atoms with Gasteiger partial charge in [0.05, 0.1) is 17.7 Å². The Bertz CT molecular complexity index is 432. The first kappa shape index (κ1) is 14.3. The van der Waals surface area contributed by atoms with Crippen LogP contribution in [-0.4, -0.2) is 31.3 Å². The van der Waals surface area contributed by atoms with Gasteiger partial charge in [0.2, 0.25) is 0 Å². The van der Waals surface area contributed by atoms with Gasteiger partial charge in [-0.25, -0.2) is 4.79 Å². The third kappa shape index (κ3) is 3.63. The molecule has 1 rings (SSSR count). The molecule has 0 spiro atoms. The molecule has 18 heavy (non-hydrogen) atoms. The van der Waals surface area contributed by atoms with Crippen LogP contribution in [0.3, 0.4) is 0 Å². The molecule has 2 N–H and O–H groups in total. The number of carbonyl (C=O) groups is 1. The fourth-order valence-corrected chi connectivity index (χ4v) is 1.34. The number of hydrogen-bond acceptors (Lipinski definition) is 3. The Kier molecular flexibility index (Phi) is 4.55. The number of aromatic carboxylic acids is 1. The van der Waals surface area contributed by atoms with Gasteiger partial charge in [0, 0.05) is 19.3 Å². The number of alkyl halides is 3. The number of methoxy groups -OCH3 is 1. The van der Waals surface area contributed by atoms with Gasteiger partial charge >= 0.3 is 12.1 Å². The van der Waals surface area contributed by atoms with E-state index >= 15 is 0 Å². The van der Waals surface area contributed by atoms with Crippen molar-refractivity contribution in [3.05, 3.63) is 29.3 Å². The molecule has 0 heterocycles. The molecule has 0 saturated carbocycles. The van der Waals surface area contributed by atoms with Gasteiger partial charge in [0.15, 0.2) is 0 Å². The van der Waals surface area contributed by atoms with E-state index < -0.39 is 17.7 Å². The lowest BCUT2D eigenvalue weighted by Gasteiger charge is -2.13. The van der Waals surface area contributed by atoms with Crippen LogP contribution in [0.15, 0.2) is 18.2 Å². The van der Waals surface area contributed by atoms with E-state index in [-0.39, 0.29) is 24.4 Å². The van der Waals surface area contributed by atoms with Gasteiger partial charge in [-0.2, -0.15) is 13.2 Å². The number of hydrogen-bond donors (Lipinski definition) is 2. The molecule has 0 unspecified atom stereocenters. The molecule has 4 nitrogen and oxygen atoms in total. The lowest BCUT2D eigenvalue weighted by atomic mass is 10.1. The monoisotopic (exact) mass is 263 g/mol. The van der Waals surface area contributed by atoms with Crippen molar-refractivity contribution in [3.63, 3.8) is 0 Å². The number of halogens is 3. The van der Waals surface area contributed by atoms with E-state index in [1.165, 1.54) is 7.11 Å². The highest BCUT2D eigenvalue weighted by molar-refractivity contribution is 5.94. The van der Waals surface area contributed by atoms with Crippen LogP contribution in [0.5, 0.6) is 0 Å². The summed E-state index contributed by atoms with van der Waals surface area (Å²) < 4.78 is 42.2. The van der Waals surface area contributed by atoms with Crippen LogP contribution < -0.4 is 5.32 Å². The van der Waals surface area contributed by atoms with Crippen molar-refractivity contribution in [3.8, 4) is 0 Å². The van der Waals surface area contributed by atoms with Crippen molar-refractivity contribution in [1.82, 2.24) is 0 Å². The fraction of sp³-hybridized carbons (Fsp3) is 0.364. The van der Waals surface area contributed by atoms with E-state index in [0.717, 1.165) is 18.2 Å². The molecule has 0 radical (unpaired) electrons. The molecule has 1 aromatic rings. The summed E-state index contributed by atoms with van der Waals surface area (Å²) in [6.07, 6.45) is -4.51. The molecular weight excluding hydrogens is 251 g/mol. The molecule has 0 aromatic heterocycles. The van der Waals surface area contributed by atoms with E-state index in [0.29, 0.717) is 0 Å². The molecule has 0 fully saturated rings. The number of rotatable bonds is 5. The Labute approximate surface area is 101 Å². The average Bonchev–Trinajstić information content (AvgIpc) is 2.27. The van der Waals surface area contributed by atoms with E-state index in [9.17, 15) is 18.0 Å². The zero-order chi connectivity index (χ0) is 13.8. The van der Waals surface area contributed by atoms with E-state index in [1.54, 1.807) is 0 Å². The fourth-order valence-electron chi connectivity index (χ4n) is 1.34. The largest absolute Gasteiger partial charge is 0.478 e. The molecule has 0 aliphatic carbocycles. The summed E-state index contributed by atoms with van der Waals surface area (Å²) in [7, 11) is 1.44. The zero-order valence-corrected chi connectivity index (χ0v) is 9.54. The SMILES string of the molecule is COCCNc1cc(C(F)(F)F)ccc1C(=O)O. The third-order valence-electron chi connectivity index (χ3n) is 2.20. The Morgan fingerprint density at radius 3 is 2.61 bits per heavy atom. The lowest BCUT2D eigenvalue weighted by Crippen LogP contribution is -2.13. The van der Waals surface area contributed by atoms with Gasteiger partial charge in [0.25, 0.3) is 0 Å². The van der Waals surface area contributed by atoms with Crippen LogP contribution in [0, 0.1) is 0 Å². The molecule has 100 valence electrons. The lowest BCUT2D eigenvalue weighted by molar-refractivity contribution is -0.137. The smallest absolute Gasteiger partial charge is 0.416 e. The Balaban J connectivity index is 3.04. The van der Waals surface area contributed by atoms with Crippen molar-refractivity contribution in [2.45, 2.75) is 6.18 Å². The molecule has 1 aromatic carbocycles. The van der Waals surface area contributed by atoms with Crippen molar-refractivity contribution in [2.75, 3.05) is 25.6 Å². The summed E-state index contributed by atoms with van der Waals surface area (Å²) in [6.45, 7) is 0.480. The van der Waals surface area contributed by atoms with Crippen LogP contribution >= 0.6 is 0 Å². The van der Waals surface area contributed by atoms with E-state index in [4.69, 9.17) is 9.84 Å². The van der Waals surface area contributed by atoms with Crippen LogP contribution in [0.4, 0.5) is 18.9 Å². The molecule has 7 heteroatoms. The van der Waals surface area contributed by atoms with E-state index in [2.05, 4.69) is 5.32 Å². The summed E-state index contributed by atoms with van der Waals surface area (Å²) in [5.74, 6) is -1.29. The standard InChI is InChI=1S/C11H12F3NO3/c1-18-5-4-15-9-6-7(11(12,13)14)2-3-8(9)10(16)17/h2-3,6,15H,4-5H2,1H3,(H,16,17). The second kappa shape index (κ2) is 5.72. The number of ether oxygens (including phenoxy) is 1. The van der Waals surface area contributed by atoms with Gasteiger partial charge in [-0.15, -0.1) is 0 Å². The van der Waals surface area contributed by atoms with Gasteiger partial charge in [0.1, 0.15) is 0 Å². The minimum Gasteiger partial charge on any atom is -0.478 e. The van der Waals surface area contributed by atoms with Crippen molar-refractivity contribution in [2.24, 2.45) is 0 Å². The maximum Gasteiger partial charge on any atom is 0.416 e. The van der Waals surface area contributed by atoms with Crippen molar-refractivity contribution >= 4 is 11.7 Å². The molecule has 0 aliphatic heterocycles. The molecule has 0 bridgehead atoms. The van der Waals surface area contributed by atoms with Crippen molar-refractivity contribution < 1.29 is 27.8 Å². The van der Waals surface area contributed by atoms with Crippen LogP contribution in [0.25, 0.3) is 0 Å². The highest BCUT2D eigenvalue weighted by Crippen LogP contribution is 2.32. The van der Waals surface area contributed by atoms with E-state index in [1.807, 2.05) is 0 Å². The van der Waals surface area contributed by atoms with Crippen LogP contribution in [-0.2, 0) is 10.9 Å². The second-order valence-corrected chi connectivity index (χ2v) is 3.48. The summed E-state index contributed by atoms with van der Waals surface area (Å²) in [5, 5.41) is 11.5. The second-order valence-electron chi connectivity index (χ2n) is 3.48. The zero-order valence-electron chi connectivity index (χ0n) is 9.54. The van der Waals surface area contributed by atoms with Crippen molar-refractivity contribution in [1.29, 1.82) is 0 Å². The van der Waals surface area contributed by atoms with Gasteiger partial charge in [-0.3, -0.25) is 0 Å². The molecule has 0 atom stereocenters. The first-order chi connectivity index (χ1) is 8.36. The minimum absolute atomic E-state index is 0.0747. The summed E-state index contributed by atoms with van der Waals surface area (Å²) in [5.41, 5.74) is -1.18. The summed E-state index contributed by atoms with van der Waals surface area (Å²) in [6, 6.07) is 2.45. The molecule has 0 amide bonds. The molecule has 0 saturated heterocycles. The molecular formula is C11H12F3NO3. The first-order valence-corrected chi connectivity index (χ1v) is 5.03. The quantitative estimate of drug-likeness (QED) is 0.801.